The van der Waals surface area contributed by atoms with Crippen molar-refractivity contribution in [3.63, 3.8) is 0 Å². The third-order valence-corrected chi connectivity index (χ3v) is 12.0. The van der Waals surface area contributed by atoms with Crippen LogP contribution in [0.4, 0.5) is 34.1 Å². The van der Waals surface area contributed by atoms with Gasteiger partial charge in [0, 0.05) is 50.9 Å². The Morgan fingerprint density at radius 3 is 1.69 bits per heavy atom. The van der Waals surface area contributed by atoms with Crippen molar-refractivity contribution in [2.45, 2.75) is 19.3 Å². The fourth-order valence-electron chi connectivity index (χ4n) is 9.22. The van der Waals surface area contributed by atoms with Crippen LogP contribution in [0.25, 0.3) is 44.2 Å². The van der Waals surface area contributed by atoms with Crippen LogP contribution in [0.2, 0.25) is 0 Å². The van der Waals surface area contributed by atoms with Gasteiger partial charge in [0.2, 0.25) is 0 Å². The summed E-state index contributed by atoms with van der Waals surface area (Å²) in [5, 5.41) is 2.26. The van der Waals surface area contributed by atoms with Crippen LogP contribution in [0.1, 0.15) is 25.0 Å². The van der Waals surface area contributed by atoms with E-state index >= 15 is 0 Å². The quantitative estimate of drug-likeness (QED) is 0.162. The molecule has 0 fully saturated rings. The molecule has 2 aliphatic rings. The van der Waals surface area contributed by atoms with Crippen molar-refractivity contribution in [3.05, 3.63) is 217 Å². The van der Waals surface area contributed by atoms with Gasteiger partial charge in [0.25, 0.3) is 0 Å². The molecule has 58 heavy (non-hydrogen) atoms. The summed E-state index contributed by atoms with van der Waals surface area (Å²) in [6.07, 6.45) is 0. The number of hydrogen-bond acceptors (Lipinski definition) is 3. The van der Waals surface area contributed by atoms with Crippen LogP contribution in [-0.2, 0) is 5.41 Å². The maximum Gasteiger partial charge on any atom is 0.159 e. The first kappa shape index (κ1) is 33.9. The molecule has 0 unspecified atom stereocenters. The Hall–Kier alpha value is -7.36. The van der Waals surface area contributed by atoms with Crippen LogP contribution in [0.3, 0.4) is 0 Å². The second-order valence-corrected chi connectivity index (χ2v) is 15.8. The minimum absolute atomic E-state index is 0.0889. The molecule has 1 aliphatic heterocycles. The van der Waals surface area contributed by atoms with Gasteiger partial charge < -0.3 is 14.5 Å². The zero-order valence-corrected chi connectivity index (χ0v) is 32.4. The predicted octanol–water partition coefficient (Wildman–Crippen LogP) is 15.5. The lowest BCUT2D eigenvalue weighted by molar-refractivity contribution is 0.488. The molecule has 1 heterocycles. The summed E-state index contributed by atoms with van der Waals surface area (Å²) in [5.41, 5.74) is 16.1. The molecule has 0 spiro atoms. The molecule has 9 aromatic rings. The first-order valence-corrected chi connectivity index (χ1v) is 20.0. The van der Waals surface area contributed by atoms with E-state index in [0.29, 0.717) is 0 Å². The van der Waals surface area contributed by atoms with Crippen LogP contribution in [0.5, 0.6) is 11.5 Å². The summed E-state index contributed by atoms with van der Waals surface area (Å²) in [4.78, 5) is 4.67. The van der Waals surface area contributed by atoms with Gasteiger partial charge >= 0.3 is 0 Å². The summed E-state index contributed by atoms with van der Waals surface area (Å²) in [5.74, 6) is 1.67. The fourth-order valence-corrected chi connectivity index (χ4v) is 9.22. The lowest BCUT2D eigenvalue weighted by Gasteiger charge is -2.32. The Balaban J connectivity index is 1.10. The van der Waals surface area contributed by atoms with E-state index in [9.17, 15) is 0 Å². The van der Waals surface area contributed by atoms with Gasteiger partial charge in [0.15, 0.2) is 5.75 Å². The van der Waals surface area contributed by atoms with Crippen LogP contribution in [0.15, 0.2) is 206 Å². The number of fused-ring (bicyclic) bond motifs is 5. The summed E-state index contributed by atoms with van der Waals surface area (Å²) in [7, 11) is 0. The molecule has 1 aliphatic carbocycles. The van der Waals surface area contributed by atoms with Crippen LogP contribution in [-0.4, -0.2) is 0 Å². The van der Waals surface area contributed by atoms with Gasteiger partial charge in [0.1, 0.15) is 5.75 Å². The van der Waals surface area contributed by atoms with E-state index in [2.05, 4.69) is 230 Å². The van der Waals surface area contributed by atoms with E-state index in [1.165, 1.54) is 33.4 Å². The van der Waals surface area contributed by atoms with Crippen molar-refractivity contribution in [2.24, 2.45) is 0 Å². The van der Waals surface area contributed by atoms with Gasteiger partial charge in [-0.2, -0.15) is 0 Å². The van der Waals surface area contributed by atoms with Crippen LogP contribution < -0.4 is 14.5 Å². The lowest BCUT2D eigenvalue weighted by Crippen LogP contribution is -2.16. The molecule has 0 N–H and O–H groups in total. The first-order chi connectivity index (χ1) is 28.5. The average molecular weight is 745 g/mol. The third-order valence-electron chi connectivity index (χ3n) is 12.0. The summed E-state index contributed by atoms with van der Waals surface area (Å²) >= 11 is 0. The Morgan fingerprint density at radius 2 is 0.948 bits per heavy atom. The van der Waals surface area contributed by atoms with Crippen molar-refractivity contribution < 1.29 is 4.74 Å². The standard InChI is InChI=1S/C55H40N2O/c1-55(2)49-24-13-12-22-45(49)48-35-43(31-33-50(48)55)57(42-28-25-38(26-29-42)37-15-6-3-7-16-37)51-34-27-39-17-14-23-47-46-32-30-44(36-52(46)58-54(51)53(39)47)56(40-18-8-4-9-19-40)41-20-10-5-11-21-41/h3-36H,1-2H3. The summed E-state index contributed by atoms with van der Waals surface area (Å²) < 4.78 is 7.27. The van der Waals surface area contributed by atoms with Crippen molar-refractivity contribution in [3.8, 4) is 44.9 Å². The number of nitrogens with zero attached hydrogens (tertiary/aromatic N) is 2. The number of benzene rings is 9. The number of rotatable bonds is 7. The van der Waals surface area contributed by atoms with E-state index in [1.54, 1.807) is 0 Å². The average Bonchev–Trinajstić information content (AvgIpc) is 3.51. The van der Waals surface area contributed by atoms with Gasteiger partial charge in [0.05, 0.1) is 5.69 Å². The van der Waals surface area contributed by atoms with E-state index in [-0.39, 0.29) is 5.41 Å². The largest absolute Gasteiger partial charge is 0.454 e. The van der Waals surface area contributed by atoms with Crippen LogP contribution >= 0.6 is 0 Å². The molecule has 3 nitrogen and oxygen atoms in total. The number of para-hydroxylation sites is 2. The van der Waals surface area contributed by atoms with Gasteiger partial charge in [-0.15, -0.1) is 0 Å². The summed E-state index contributed by atoms with van der Waals surface area (Å²) in [6, 6.07) is 74.1. The molecule has 276 valence electrons. The normalized spacial score (nSPS) is 12.9. The van der Waals surface area contributed by atoms with Gasteiger partial charge in [-0.05, 0) is 111 Å². The molecule has 0 amide bonds. The molecule has 9 aromatic carbocycles. The van der Waals surface area contributed by atoms with Crippen molar-refractivity contribution in [1.29, 1.82) is 0 Å². The Kier molecular flexibility index (Phi) is 7.84. The zero-order chi connectivity index (χ0) is 38.8. The van der Waals surface area contributed by atoms with Crippen LogP contribution in [0, 0.1) is 0 Å². The second kappa shape index (κ2) is 13.4. The number of ether oxygens (including phenoxy) is 1. The topological polar surface area (TPSA) is 15.7 Å². The molecule has 0 atom stereocenters. The first-order valence-electron chi connectivity index (χ1n) is 20.0. The zero-order valence-electron chi connectivity index (χ0n) is 32.4. The van der Waals surface area contributed by atoms with Crippen molar-refractivity contribution in [2.75, 3.05) is 9.80 Å². The highest BCUT2D eigenvalue weighted by Gasteiger charge is 2.36. The molecule has 11 rings (SSSR count). The number of anilines is 6. The van der Waals surface area contributed by atoms with Gasteiger partial charge in [-0.3, -0.25) is 0 Å². The van der Waals surface area contributed by atoms with E-state index in [1.807, 2.05) is 0 Å². The van der Waals surface area contributed by atoms with E-state index in [0.717, 1.165) is 67.5 Å². The van der Waals surface area contributed by atoms with Crippen molar-refractivity contribution >= 4 is 44.9 Å². The second-order valence-electron chi connectivity index (χ2n) is 15.8. The molecule has 0 saturated carbocycles. The highest BCUT2D eigenvalue weighted by Crippen LogP contribution is 2.56. The maximum atomic E-state index is 7.27. The molecular weight excluding hydrogens is 705 g/mol. The molecule has 0 radical (unpaired) electrons. The molecule has 0 saturated heterocycles. The highest BCUT2D eigenvalue weighted by molar-refractivity contribution is 6.08. The highest BCUT2D eigenvalue weighted by atomic mass is 16.5. The Morgan fingerprint density at radius 1 is 0.379 bits per heavy atom. The Bertz CT molecular complexity index is 2950. The van der Waals surface area contributed by atoms with E-state index < -0.39 is 0 Å². The predicted molar refractivity (Wildman–Crippen MR) is 242 cm³/mol. The Labute approximate surface area is 339 Å². The lowest BCUT2D eigenvalue weighted by atomic mass is 9.82. The molecule has 3 heteroatoms. The monoisotopic (exact) mass is 744 g/mol. The fraction of sp³-hybridized carbons (Fsp3) is 0.0545. The molecular formula is C55H40N2O. The minimum Gasteiger partial charge on any atom is -0.454 e. The maximum absolute atomic E-state index is 7.27. The van der Waals surface area contributed by atoms with Crippen molar-refractivity contribution in [1.82, 2.24) is 0 Å². The summed E-state index contributed by atoms with van der Waals surface area (Å²) in [6.45, 7) is 4.67. The molecule has 0 aromatic heterocycles. The third kappa shape index (κ3) is 5.43. The number of hydrogen-bond donors (Lipinski definition) is 0. The molecule has 0 bridgehead atoms. The van der Waals surface area contributed by atoms with Gasteiger partial charge in [-0.25, -0.2) is 0 Å². The van der Waals surface area contributed by atoms with Gasteiger partial charge in [-0.1, -0.05) is 147 Å². The SMILES string of the molecule is CC1(C)c2ccccc2-c2cc(N(c3ccc(-c4ccccc4)cc3)c3ccc4cccc5c4c3Oc3cc(N(c4ccccc4)c4ccccc4)ccc3-5)ccc21. The van der Waals surface area contributed by atoms with E-state index in [4.69, 9.17) is 4.74 Å². The smallest absolute Gasteiger partial charge is 0.159 e. The minimum atomic E-state index is -0.0889.